The Morgan fingerprint density at radius 2 is 1.78 bits per heavy atom. The zero-order valence-corrected chi connectivity index (χ0v) is 12.3. The van der Waals surface area contributed by atoms with Crippen molar-refractivity contribution in [3.05, 3.63) is 46.5 Å². The molecule has 2 rings (SSSR count). The molecule has 3 heteroatoms. The molecule has 1 aromatic heterocycles. The summed E-state index contributed by atoms with van der Waals surface area (Å²) in [7, 11) is 0. The highest BCUT2D eigenvalue weighted by atomic mass is 32.1. The van der Waals surface area contributed by atoms with E-state index in [-0.39, 0.29) is 5.41 Å². The van der Waals surface area contributed by atoms with Crippen LogP contribution in [-0.2, 0) is 11.8 Å². The molecule has 0 radical (unpaired) electrons. The molecule has 0 unspecified atom stereocenters. The van der Waals surface area contributed by atoms with E-state index in [1.54, 1.807) is 0 Å². The summed E-state index contributed by atoms with van der Waals surface area (Å²) >= 11 is 5.39. The number of aryl methyl sites for hydroxylation is 1. The predicted octanol–water partition coefficient (Wildman–Crippen LogP) is 4.39. The fourth-order valence-corrected chi connectivity index (χ4v) is 2.32. The summed E-state index contributed by atoms with van der Waals surface area (Å²) in [6.45, 7) is 8.75. The first-order chi connectivity index (χ1) is 8.43. The number of aromatic amines is 1. The highest BCUT2D eigenvalue weighted by molar-refractivity contribution is 7.71. The van der Waals surface area contributed by atoms with Gasteiger partial charge in [0.15, 0.2) is 4.77 Å². The van der Waals surface area contributed by atoms with Gasteiger partial charge in [-0.15, -0.1) is 0 Å². The molecule has 0 amide bonds. The third kappa shape index (κ3) is 2.41. The number of aromatic nitrogens is 2. The molecule has 0 spiro atoms. The Labute approximate surface area is 114 Å². The van der Waals surface area contributed by atoms with E-state index >= 15 is 0 Å². The fourth-order valence-electron chi connectivity index (χ4n) is 2.06. The van der Waals surface area contributed by atoms with Crippen LogP contribution in [0.2, 0.25) is 0 Å². The molecule has 96 valence electrons. The lowest BCUT2D eigenvalue weighted by atomic mass is 9.92. The topological polar surface area (TPSA) is 20.7 Å². The smallest absolute Gasteiger partial charge is 0.182 e. The average molecular weight is 260 g/mol. The number of hydrogen-bond donors (Lipinski definition) is 1. The van der Waals surface area contributed by atoms with Gasteiger partial charge in [-0.1, -0.05) is 39.8 Å². The van der Waals surface area contributed by atoms with Gasteiger partial charge in [-0.2, -0.15) is 0 Å². The number of nitrogens with one attached hydrogen (secondary N) is 1. The van der Waals surface area contributed by atoms with Gasteiger partial charge in [-0.05, 0) is 36.3 Å². The van der Waals surface area contributed by atoms with Crippen molar-refractivity contribution in [2.24, 2.45) is 0 Å². The minimum atomic E-state index is 0.0665. The number of benzene rings is 1. The Morgan fingerprint density at radius 1 is 1.17 bits per heavy atom. The second-order valence-corrected chi connectivity index (χ2v) is 5.97. The summed E-state index contributed by atoms with van der Waals surface area (Å²) in [4.78, 5) is 3.15. The lowest BCUT2D eigenvalue weighted by Crippen LogP contribution is -2.16. The van der Waals surface area contributed by atoms with Gasteiger partial charge < -0.3 is 4.98 Å². The molecule has 18 heavy (non-hydrogen) atoms. The van der Waals surface area contributed by atoms with E-state index in [1.165, 1.54) is 11.3 Å². The van der Waals surface area contributed by atoms with Crippen LogP contribution in [0.4, 0.5) is 0 Å². The van der Waals surface area contributed by atoms with E-state index in [2.05, 4.69) is 61.5 Å². The molecule has 1 N–H and O–H groups in total. The standard InChI is InChI=1S/C15H20N2S/c1-5-11-6-8-12(9-7-11)17-13(15(2,3)4)10-16-14(17)18/h6-10H,5H2,1-4H3,(H,16,18). The van der Waals surface area contributed by atoms with Crippen molar-refractivity contribution in [3.8, 4) is 5.69 Å². The Hall–Kier alpha value is -1.35. The number of imidazole rings is 1. The van der Waals surface area contributed by atoms with E-state index in [0.29, 0.717) is 0 Å². The summed E-state index contributed by atoms with van der Waals surface area (Å²) in [5.74, 6) is 0. The molecule has 0 saturated carbocycles. The summed E-state index contributed by atoms with van der Waals surface area (Å²) in [6.07, 6.45) is 3.07. The molecule has 0 aliphatic carbocycles. The monoisotopic (exact) mass is 260 g/mol. The van der Waals surface area contributed by atoms with E-state index in [9.17, 15) is 0 Å². The van der Waals surface area contributed by atoms with E-state index in [0.717, 1.165) is 16.9 Å². The molecular formula is C15H20N2S. The second kappa shape index (κ2) is 4.73. The predicted molar refractivity (Wildman–Crippen MR) is 79.0 cm³/mol. The molecule has 0 saturated heterocycles. The molecule has 0 atom stereocenters. The van der Waals surface area contributed by atoms with Gasteiger partial charge in [0.2, 0.25) is 0 Å². The minimum absolute atomic E-state index is 0.0665. The lowest BCUT2D eigenvalue weighted by Gasteiger charge is -2.20. The van der Waals surface area contributed by atoms with Crippen molar-refractivity contribution in [2.45, 2.75) is 39.5 Å². The van der Waals surface area contributed by atoms with Crippen LogP contribution in [0.25, 0.3) is 5.69 Å². The van der Waals surface area contributed by atoms with Crippen LogP contribution in [0.3, 0.4) is 0 Å². The fraction of sp³-hybridized carbons (Fsp3) is 0.400. The first-order valence-electron chi connectivity index (χ1n) is 6.33. The van der Waals surface area contributed by atoms with Crippen molar-refractivity contribution in [1.82, 2.24) is 9.55 Å². The van der Waals surface area contributed by atoms with E-state index < -0.39 is 0 Å². The van der Waals surface area contributed by atoms with Crippen LogP contribution in [0.1, 0.15) is 39.0 Å². The zero-order valence-electron chi connectivity index (χ0n) is 11.4. The highest BCUT2D eigenvalue weighted by Gasteiger charge is 2.19. The van der Waals surface area contributed by atoms with Crippen LogP contribution in [0.5, 0.6) is 0 Å². The first kappa shape index (κ1) is 13.1. The molecule has 1 heterocycles. The SMILES string of the molecule is CCc1ccc(-n2c(C(C)(C)C)c[nH]c2=S)cc1. The van der Waals surface area contributed by atoms with Gasteiger partial charge in [-0.3, -0.25) is 4.57 Å². The maximum atomic E-state index is 5.39. The zero-order chi connectivity index (χ0) is 13.3. The Morgan fingerprint density at radius 3 is 2.28 bits per heavy atom. The average Bonchev–Trinajstić information content (AvgIpc) is 2.71. The molecule has 1 aromatic carbocycles. The first-order valence-corrected chi connectivity index (χ1v) is 6.74. The number of rotatable bonds is 2. The summed E-state index contributed by atoms with van der Waals surface area (Å²) < 4.78 is 2.87. The Bertz CT molecular complexity index is 582. The molecule has 0 bridgehead atoms. The van der Waals surface area contributed by atoms with Gasteiger partial charge in [0.25, 0.3) is 0 Å². The van der Waals surface area contributed by atoms with Gasteiger partial charge >= 0.3 is 0 Å². The van der Waals surface area contributed by atoms with Crippen LogP contribution < -0.4 is 0 Å². The third-order valence-electron chi connectivity index (χ3n) is 3.15. The van der Waals surface area contributed by atoms with Crippen molar-refractivity contribution < 1.29 is 0 Å². The van der Waals surface area contributed by atoms with Crippen LogP contribution in [0.15, 0.2) is 30.5 Å². The largest absolute Gasteiger partial charge is 0.337 e. The molecule has 0 aliphatic rings. The van der Waals surface area contributed by atoms with Crippen molar-refractivity contribution in [2.75, 3.05) is 0 Å². The van der Waals surface area contributed by atoms with Gasteiger partial charge in [0, 0.05) is 23.0 Å². The van der Waals surface area contributed by atoms with Crippen LogP contribution >= 0.6 is 12.2 Å². The maximum Gasteiger partial charge on any atom is 0.182 e. The third-order valence-corrected chi connectivity index (χ3v) is 3.45. The molecule has 2 nitrogen and oxygen atoms in total. The number of H-pyrrole nitrogens is 1. The Balaban J connectivity index is 2.56. The molecule has 0 fully saturated rings. The normalized spacial score (nSPS) is 11.8. The van der Waals surface area contributed by atoms with Crippen LogP contribution in [-0.4, -0.2) is 9.55 Å². The van der Waals surface area contributed by atoms with E-state index in [4.69, 9.17) is 12.2 Å². The van der Waals surface area contributed by atoms with Crippen molar-refractivity contribution in [3.63, 3.8) is 0 Å². The highest BCUT2D eigenvalue weighted by Crippen LogP contribution is 2.25. The van der Waals surface area contributed by atoms with Crippen molar-refractivity contribution in [1.29, 1.82) is 0 Å². The quantitative estimate of drug-likeness (QED) is 0.794. The minimum Gasteiger partial charge on any atom is -0.337 e. The summed E-state index contributed by atoms with van der Waals surface area (Å²) in [5, 5.41) is 0. The number of hydrogen-bond acceptors (Lipinski definition) is 1. The summed E-state index contributed by atoms with van der Waals surface area (Å²) in [6, 6.07) is 8.60. The van der Waals surface area contributed by atoms with Crippen molar-refractivity contribution >= 4 is 12.2 Å². The Kier molecular flexibility index (Phi) is 3.44. The molecule has 2 aromatic rings. The molecule has 0 aliphatic heterocycles. The maximum absolute atomic E-state index is 5.39. The lowest BCUT2D eigenvalue weighted by molar-refractivity contribution is 0.556. The second-order valence-electron chi connectivity index (χ2n) is 5.58. The van der Waals surface area contributed by atoms with Gasteiger partial charge in [0.1, 0.15) is 0 Å². The summed E-state index contributed by atoms with van der Waals surface area (Å²) in [5.41, 5.74) is 3.75. The van der Waals surface area contributed by atoms with Gasteiger partial charge in [0.05, 0.1) is 0 Å². The molecular weight excluding hydrogens is 240 g/mol. The van der Waals surface area contributed by atoms with Gasteiger partial charge in [-0.25, -0.2) is 0 Å². The van der Waals surface area contributed by atoms with Crippen LogP contribution in [0, 0.1) is 4.77 Å². The van der Waals surface area contributed by atoms with E-state index in [1.807, 2.05) is 6.20 Å². The number of nitrogens with zero attached hydrogens (tertiary/aromatic N) is 1.